The zero-order chi connectivity index (χ0) is 19.1. The van der Waals surface area contributed by atoms with Crippen molar-refractivity contribution >= 4 is 5.91 Å². The smallest absolute Gasteiger partial charge is 0.241 e. The van der Waals surface area contributed by atoms with Gasteiger partial charge in [0.05, 0.1) is 0 Å². The fourth-order valence-corrected chi connectivity index (χ4v) is 6.18. The van der Waals surface area contributed by atoms with Crippen LogP contribution in [-0.2, 0) is 10.2 Å². The molecular formula is C23H34N4O. The molecule has 0 bridgehead atoms. The number of carbonyl (C=O) groups excluding carboxylic acids is 1. The molecule has 1 aromatic carbocycles. The first-order valence-electron chi connectivity index (χ1n) is 11.3. The topological polar surface area (TPSA) is 47.6 Å². The maximum Gasteiger partial charge on any atom is 0.241 e. The minimum absolute atomic E-state index is 0.0535. The van der Waals surface area contributed by atoms with Crippen LogP contribution in [0.1, 0.15) is 69.0 Å². The van der Waals surface area contributed by atoms with Crippen LogP contribution < -0.4 is 10.9 Å². The summed E-state index contributed by atoms with van der Waals surface area (Å²) in [5.41, 5.74) is 9.80. The van der Waals surface area contributed by atoms with E-state index >= 15 is 0 Å². The highest BCUT2D eigenvalue weighted by Gasteiger charge is 2.44. The van der Waals surface area contributed by atoms with Crippen LogP contribution in [0.5, 0.6) is 0 Å². The summed E-state index contributed by atoms with van der Waals surface area (Å²) in [7, 11) is 0. The predicted molar refractivity (Wildman–Crippen MR) is 111 cm³/mol. The first kappa shape index (κ1) is 18.6. The minimum atomic E-state index is -0.0535. The van der Waals surface area contributed by atoms with E-state index in [1.165, 1.54) is 38.8 Å². The lowest BCUT2D eigenvalue weighted by Gasteiger charge is -2.48. The Kier molecular flexibility index (Phi) is 4.93. The lowest BCUT2D eigenvalue weighted by molar-refractivity contribution is -0.135. The van der Waals surface area contributed by atoms with Crippen LogP contribution in [0, 0.1) is 0 Å². The second-order valence-corrected chi connectivity index (χ2v) is 9.47. The standard InChI is InChI=1S/C23H34N4O/c1-17-16-20(25-24-17)22(28)27-14-10-23(11-15-27)9-8-21(26-12-4-5-13-26)18-6-2-3-7-19(18)23/h2-3,6-7,17,20-21,24-25H,4-5,8-16H2,1H3. The van der Waals surface area contributed by atoms with Crippen LogP contribution in [-0.4, -0.2) is 54.0 Å². The number of nitrogens with zero attached hydrogens (tertiary/aromatic N) is 2. The number of hydrazine groups is 1. The molecule has 3 saturated heterocycles. The molecule has 1 aliphatic carbocycles. The quantitative estimate of drug-likeness (QED) is 0.826. The number of fused-ring (bicyclic) bond motifs is 2. The van der Waals surface area contributed by atoms with Crippen molar-refractivity contribution in [3.63, 3.8) is 0 Å². The van der Waals surface area contributed by atoms with E-state index in [0.717, 1.165) is 32.4 Å². The number of hydrogen-bond donors (Lipinski definition) is 2. The molecular weight excluding hydrogens is 348 g/mol. The second kappa shape index (κ2) is 7.43. The summed E-state index contributed by atoms with van der Waals surface area (Å²) in [6.07, 6.45) is 8.36. The summed E-state index contributed by atoms with van der Waals surface area (Å²) in [5, 5.41) is 0. The van der Waals surface area contributed by atoms with Crippen molar-refractivity contribution in [2.24, 2.45) is 0 Å². The van der Waals surface area contributed by atoms with Gasteiger partial charge in [0.25, 0.3) is 0 Å². The molecule has 3 heterocycles. The molecule has 3 atom stereocenters. The lowest BCUT2D eigenvalue weighted by atomic mass is 9.63. The van der Waals surface area contributed by atoms with Gasteiger partial charge in [-0.3, -0.25) is 15.1 Å². The zero-order valence-electron chi connectivity index (χ0n) is 17.1. The number of benzene rings is 1. The summed E-state index contributed by atoms with van der Waals surface area (Å²) >= 11 is 0. The Morgan fingerprint density at radius 3 is 2.50 bits per heavy atom. The van der Waals surface area contributed by atoms with E-state index < -0.39 is 0 Å². The molecule has 3 unspecified atom stereocenters. The van der Waals surface area contributed by atoms with Gasteiger partial charge in [0, 0.05) is 25.2 Å². The van der Waals surface area contributed by atoms with Gasteiger partial charge in [-0.2, -0.15) is 0 Å². The molecule has 1 amide bonds. The van der Waals surface area contributed by atoms with Crippen molar-refractivity contribution < 1.29 is 4.79 Å². The highest BCUT2D eigenvalue weighted by atomic mass is 16.2. The summed E-state index contributed by atoms with van der Waals surface area (Å²) < 4.78 is 0. The molecule has 2 N–H and O–H groups in total. The number of rotatable bonds is 2. The summed E-state index contributed by atoms with van der Waals surface area (Å²) in [4.78, 5) is 17.7. The maximum atomic E-state index is 12.9. The monoisotopic (exact) mass is 382 g/mol. The highest BCUT2D eigenvalue weighted by Crippen LogP contribution is 2.49. The fourth-order valence-electron chi connectivity index (χ4n) is 6.18. The molecule has 1 spiro atoms. The Morgan fingerprint density at radius 1 is 1.04 bits per heavy atom. The highest BCUT2D eigenvalue weighted by molar-refractivity contribution is 5.82. The lowest BCUT2D eigenvalue weighted by Crippen LogP contribution is -2.52. The van der Waals surface area contributed by atoms with Gasteiger partial charge in [0.1, 0.15) is 6.04 Å². The second-order valence-electron chi connectivity index (χ2n) is 9.47. The molecule has 4 aliphatic rings. The van der Waals surface area contributed by atoms with Crippen molar-refractivity contribution in [2.75, 3.05) is 26.2 Å². The minimum Gasteiger partial charge on any atom is -0.341 e. The van der Waals surface area contributed by atoms with E-state index in [1.54, 1.807) is 11.1 Å². The molecule has 3 fully saturated rings. The number of carbonyl (C=O) groups is 1. The van der Waals surface area contributed by atoms with E-state index in [2.05, 4.69) is 51.8 Å². The van der Waals surface area contributed by atoms with Crippen LogP contribution in [0.3, 0.4) is 0 Å². The molecule has 152 valence electrons. The number of likely N-dealkylation sites (tertiary alicyclic amines) is 2. The first-order valence-corrected chi connectivity index (χ1v) is 11.3. The fraction of sp³-hybridized carbons (Fsp3) is 0.696. The van der Waals surface area contributed by atoms with E-state index in [9.17, 15) is 4.79 Å². The van der Waals surface area contributed by atoms with Gasteiger partial charge < -0.3 is 4.90 Å². The van der Waals surface area contributed by atoms with E-state index in [4.69, 9.17) is 0 Å². The summed E-state index contributed by atoms with van der Waals surface area (Å²) in [6, 6.07) is 10.1. The molecule has 0 radical (unpaired) electrons. The van der Waals surface area contributed by atoms with Crippen molar-refractivity contribution in [1.82, 2.24) is 20.7 Å². The van der Waals surface area contributed by atoms with Gasteiger partial charge in [0.15, 0.2) is 0 Å². The van der Waals surface area contributed by atoms with Crippen molar-refractivity contribution in [2.45, 2.75) is 75.4 Å². The first-order chi connectivity index (χ1) is 13.7. The molecule has 0 saturated carbocycles. The van der Waals surface area contributed by atoms with Crippen molar-refractivity contribution in [1.29, 1.82) is 0 Å². The van der Waals surface area contributed by atoms with Crippen LogP contribution in [0.15, 0.2) is 24.3 Å². The van der Waals surface area contributed by atoms with Crippen LogP contribution in [0.4, 0.5) is 0 Å². The van der Waals surface area contributed by atoms with Gasteiger partial charge in [-0.15, -0.1) is 0 Å². The number of hydrogen-bond acceptors (Lipinski definition) is 4. The van der Waals surface area contributed by atoms with Gasteiger partial charge >= 0.3 is 0 Å². The maximum absolute atomic E-state index is 12.9. The Labute approximate surface area is 168 Å². The number of piperidine rings is 1. The van der Waals surface area contributed by atoms with Gasteiger partial charge in [-0.1, -0.05) is 24.3 Å². The Balaban J connectivity index is 1.32. The Hall–Kier alpha value is -1.43. The molecule has 5 heteroatoms. The molecule has 5 rings (SSSR count). The summed E-state index contributed by atoms with van der Waals surface area (Å²) in [5.74, 6) is 0.283. The molecule has 3 aliphatic heterocycles. The molecule has 1 aromatic rings. The zero-order valence-corrected chi connectivity index (χ0v) is 17.1. The van der Waals surface area contributed by atoms with Crippen LogP contribution in [0.25, 0.3) is 0 Å². The van der Waals surface area contributed by atoms with Gasteiger partial charge in [-0.25, -0.2) is 5.43 Å². The number of amides is 1. The van der Waals surface area contributed by atoms with E-state index in [0.29, 0.717) is 12.1 Å². The Morgan fingerprint density at radius 2 is 1.79 bits per heavy atom. The van der Waals surface area contributed by atoms with Crippen LogP contribution >= 0.6 is 0 Å². The third-order valence-corrected chi connectivity index (χ3v) is 7.79. The summed E-state index contributed by atoms with van der Waals surface area (Å²) in [6.45, 7) is 6.44. The molecule has 0 aromatic heterocycles. The van der Waals surface area contributed by atoms with E-state index in [1.807, 2.05) is 0 Å². The predicted octanol–water partition coefficient (Wildman–Crippen LogP) is 2.73. The Bertz CT molecular complexity index is 721. The average Bonchev–Trinajstić information content (AvgIpc) is 3.41. The van der Waals surface area contributed by atoms with E-state index in [-0.39, 0.29) is 17.4 Å². The average molecular weight is 383 g/mol. The number of nitrogens with one attached hydrogen (secondary N) is 2. The third kappa shape index (κ3) is 3.17. The third-order valence-electron chi connectivity index (χ3n) is 7.79. The molecule has 28 heavy (non-hydrogen) atoms. The van der Waals surface area contributed by atoms with Gasteiger partial charge in [0.2, 0.25) is 5.91 Å². The normalized spacial score (nSPS) is 32.6. The van der Waals surface area contributed by atoms with Crippen LogP contribution in [0.2, 0.25) is 0 Å². The molecule has 5 nitrogen and oxygen atoms in total. The van der Waals surface area contributed by atoms with Crippen molar-refractivity contribution in [3.05, 3.63) is 35.4 Å². The van der Waals surface area contributed by atoms with Gasteiger partial charge in [-0.05, 0) is 81.5 Å². The van der Waals surface area contributed by atoms with Crippen molar-refractivity contribution in [3.8, 4) is 0 Å². The SMILES string of the molecule is CC1CC(C(=O)N2CCC3(CCC(N4CCCC4)c4ccccc43)CC2)NN1. The largest absolute Gasteiger partial charge is 0.341 e.